The smallest absolute Gasteiger partial charge is 0.271 e. The monoisotopic (exact) mass is 603 g/mol. The number of allylic oxidation sites excluding steroid dienone is 1. The Bertz CT molecular complexity index is 2020. The lowest BCUT2D eigenvalue weighted by Crippen LogP contribution is -2.40. The lowest BCUT2D eigenvalue weighted by atomic mass is 10.0. The Morgan fingerprint density at radius 1 is 1.12 bits per heavy atom. The highest BCUT2D eigenvalue weighted by Crippen LogP contribution is 2.33. The molecule has 0 fully saturated rings. The number of anilines is 1. The van der Waals surface area contributed by atoms with Crippen LogP contribution in [0.3, 0.4) is 0 Å². The van der Waals surface area contributed by atoms with Gasteiger partial charge in [-0.15, -0.1) is 11.3 Å². The van der Waals surface area contributed by atoms with E-state index in [2.05, 4.69) is 10.3 Å². The number of aryl methyl sites for hydroxylation is 1. The third-order valence-corrected chi connectivity index (χ3v) is 8.60. The van der Waals surface area contributed by atoms with E-state index in [4.69, 9.17) is 9.15 Å². The first-order chi connectivity index (χ1) is 20.3. The molecule has 1 amide bonds. The maximum absolute atomic E-state index is 13.9. The van der Waals surface area contributed by atoms with Crippen LogP contribution in [-0.4, -0.2) is 10.5 Å². The Balaban J connectivity index is 1.32. The number of ether oxygens (including phenoxy) is 1. The second-order valence-electron chi connectivity index (χ2n) is 9.53. The van der Waals surface area contributed by atoms with Gasteiger partial charge in [-0.05, 0) is 61.2 Å². The molecular weight excluding hydrogens is 580 g/mol. The van der Waals surface area contributed by atoms with Gasteiger partial charge in [0.15, 0.2) is 16.4 Å². The predicted molar refractivity (Wildman–Crippen MR) is 157 cm³/mol. The van der Waals surface area contributed by atoms with Crippen LogP contribution in [0.2, 0.25) is 0 Å². The number of benzene rings is 2. The minimum atomic E-state index is -0.814. The number of furan rings is 1. The number of aromatic nitrogens is 1. The molecule has 4 heterocycles. The summed E-state index contributed by atoms with van der Waals surface area (Å²) in [5.74, 6) is -1.16. The number of halogens is 2. The molecule has 6 rings (SSSR count). The van der Waals surface area contributed by atoms with Gasteiger partial charge in [-0.25, -0.2) is 13.8 Å². The van der Waals surface area contributed by atoms with Crippen molar-refractivity contribution >= 4 is 40.3 Å². The number of amides is 1. The Labute approximate surface area is 246 Å². The molecule has 11 heteroatoms. The number of fused-ring (bicyclic) bond motifs is 1. The summed E-state index contributed by atoms with van der Waals surface area (Å²) in [6, 6.07) is 17.0. The van der Waals surface area contributed by atoms with Crippen molar-refractivity contribution in [3.05, 3.63) is 137 Å². The summed E-state index contributed by atoms with van der Waals surface area (Å²) in [4.78, 5) is 33.4. The van der Waals surface area contributed by atoms with Crippen LogP contribution in [-0.2, 0) is 11.4 Å². The van der Waals surface area contributed by atoms with Gasteiger partial charge in [0, 0.05) is 22.7 Å². The van der Waals surface area contributed by atoms with E-state index in [-0.39, 0.29) is 23.8 Å². The van der Waals surface area contributed by atoms with Crippen molar-refractivity contribution in [2.45, 2.75) is 26.5 Å². The largest absolute Gasteiger partial charge is 0.483 e. The molecule has 0 saturated heterocycles. The summed E-state index contributed by atoms with van der Waals surface area (Å²) < 4.78 is 40.2. The van der Waals surface area contributed by atoms with Crippen LogP contribution >= 0.6 is 22.7 Å². The lowest BCUT2D eigenvalue weighted by molar-refractivity contribution is -0.113. The number of carbonyl (C=O) groups excluding carboxylic acids is 1. The Hall–Kier alpha value is -4.61. The standard InChI is InChI=1S/C31H23F2N3O4S2/c1-17-6-3-4-7-23(17)35-29(37)27-18(2)34-31-36(28(27)25-8-5-13-41-25)30(38)26(42-31)15-20-10-11-21(40-20)16-39-24-12-9-19(32)14-22(24)33/h3-15,28H,16H2,1-2H3,(H,35,37)/b26-15+/t28-/m0/s1. The van der Waals surface area contributed by atoms with Crippen molar-refractivity contribution in [1.29, 1.82) is 0 Å². The predicted octanol–water partition coefficient (Wildman–Crippen LogP) is 5.69. The number of thiophene rings is 1. The van der Waals surface area contributed by atoms with Gasteiger partial charge < -0.3 is 14.5 Å². The molecule has 0 aliphatic carbocycles. The van der Waals surface area contributed by atoms with Gasteiger partial charge in [0.1, 0.15) is 30.0 Å². The van der Waals surface area contributed by atoms with Gasteiger partial charge in [-0.3, -0.25) is 14.2 Å². The summed E-state index contributed by atoms with van der Waals surface area (Å²) >= 11 is 2.65. The van der Waals surface area contributed by atoms with Gasteiger partial charge in [0.05, 0.1) is 15.8 Å². The van der Waals surface area contributed by atoms with Crippen LogP contribution in [0.4, 0.5) is 14.5 Å². The van der Waals surface area contributed by atoms with E-state index in [0.29, 0.717) is 37.8 Å². The first kappa shape index (κ1) is 27.6. The summed E-state index contributed by atoms with van der Waals surface area (Å²) in [5.41, 5.74) is 2.21. The fourth-order valence-corrected chi connectivity index (χ4v) is 6.50. The fourth-order valence-electron chi connectivity index (χ4n) is 4.65. The first-order valence-electron chi connectivity index (χ1n) is 12.9. The molecule has 2 aromatic carbocycles. The Kier molecular flexibility index (Phi) is 7.44. The van der Waals surface area contributed by atoms with E-state index in [1.807, 2.05) is 48.7 Å². The Morgan fingerprint density at radius 3 is 2.71 bits per heavy atom. The zero-order chi connectivity index (χ0) is 29.4. The Morgan fingerprint density at radius 2 is 1.95 bits per heavy atom. The number of para-hydroxylation sites is 1. The maximum atomic E-state index is 13.9. The van der Waals surface area contributed by atoms with Crippen molar-refractivity contribution in [2.24, 2.45) is 4.99 Å². The van der Waals surface area contributed by atoms with Gasteiger partial charge in [0.25, 0.3) is 11.5 Å². The minimum Gasteiger partial charge on any atom is -0.483 e. The van der Waals surface area contributed by atoms with Crippen molar-refractivity contribution < 1.29 is 22.7 Å². The molecule has 1 N–H and O–H groups in total. The number of hydrogen-bond acceptors (Lipinski definition) is 7. The van der Waals surface area contributed by atoms with Crippen molar-refractivity contribution in [3.63, 3.8) is 0 Å². The van der Waals surface area contributed by atoms with Crippen LogP contribution < -0.4 is 24.9 Å². The third-order valence-electron chi connectivity index (χ3n) is 6.69. The molecule has 0 spiro atoms. The minimum absolute atomic E-state index is 0.0887. The van der Waals surface area contributed by atoms with E-state index in [1.54, 1.807) is 29.7 Å². The molecule has 7 nitrogen and oxygen atoms in total. The molecule has 3 aromatic heterocycles. The molecule has 0 radical (unpaired) electrons. The molecule has 0 saturated carbocycles. The van der Waals surface area contributed by atoms with Crippen molar-refractivity contribution in [3.8, 4) is 5.75 Å². The highest BCUT2D eigenvalue weighted by atomic mass is 32.1. The van der Waals surface area contributed by atoms with Crippen LogP contribution in [0.15, 0.2) is 97.6 Å². The average molecular weight is 604 g/mol. The number of carbonyl (C=O) groups is 1. The zero-order valence-corrected chi connectivity index (χ0v) is 24.0. The van der Waals surface area contributed by atoms with Gasteiger partial charge in [0.2, 0.25) is 0 Å². The van der Waals surface area contributed by atoms with Crippen LogP contribution in [0.1, 0.15) is 34.9 Å². The van der Waals surface area contributed by atoms with Crippen LogP contribution in [0.25, 0.3) is 6.08 Å². The normalized spacial score (nSPS) is 15.0. The van der Waals surface area contributed by atoms with E-state index in [1.165, 1.54) is 28.7 Å². The van der Waals surface area contributed by atoms with Crippen LogP contribution in [0, 0.1) is 18.6 Å². The molecule has 212 valence electrons. The number of rotatable bonds is 7. The molecule has 1 atom stereocenters. The fraction of sp³-hybridized carbons (Fsp3) is 0.129. The second kappa shape index (κ2) is 11.3. The van der Waals surface area contributed by atoms with E-state index < -0.39 is 17.7 Å². The van der Waals surface area contributed by atoms with E-state index in [9.17, 15) is 18.4 Å². The number of thiazole rings is 1. The molecule has 0 unspecified atom stereocenters. The van der Waals surface area contributed by atoms with Gasteiger partial charge in [-0.2, -0.15) is 0 Å². The molecule has 1 aliphatic heterocycles. The quantitative estimate of drug-likeness (QED) is 0.259. The van der Waals surface area contributed by atoms with E-state index >= 15 is 0 Å². The average Bonchev–Trinajstić information content (AvgIpc) is 3.71. The number of nitrogens with one attached hydrogen (secondary N) is 1. The van der Waals surface area contributed by atoms with Crippen molar-refractivity contribution in [2.75, 3.05) is 5.32 Å². The number of nitrogens with zero attached hydrogens (tertiary/aromatic N) is 2. The summed E-state index contributed by atoms with van der Waals surface area (Å²) in [6.45, 7) is 3.59. The summed E-state index contributed by atoms with van der Waals surface area (Å²) in [7, 11) is 0. The molecule has 5 aromatic rings. The van der Waals surface area contributed by atoms with Gasteiger partial charge in [-0.1, -0.05) is 35.6 Å². The molecule has 42 heavy (non-hydrogen) atoms. The maximum Gasteiger partial charge on any atom is 0.271 e. The van der Waals surface area contributed by atoms with E-state index in [0.717, 1.165) is 22.6 Å². The molecule has 1 aliphatic rings. The molecule has 0 bridgehead atoms. The highest BCUT2D eigenvalue weighted by molar-refractivity contribution is 7.10. The van der Waals surface area contributed by atoms with Crippen molar-refractivity contribution in [1.82, 2.24) is 4.57 Å². The SMILES string of the molecule is CC1=C(C(=O)Nc2ccccc2C)[C@H](c2cccs2)n2c(s/c(=C/c3ccc(COc4ccc(F)cc4F)o3)c2=O)=N1. The highest BCUT2D eigenvalue weighted by Gasteiger charge is 2.33. The second-order valence-corrected chi connectivity index (χ2v) is 11.5. The topological polar surface area (TPSA) is 85.8 Å². The summed E-state index contributed by atoms with van der Waals surface area (Å²) in [6.07, 6.45) is 1.60. The van der Waals surface area contributed by atoms with Gasteiger partial charge >= 0.3 is 0 Å². The molecular formula is C31H23F2N3O4S2. The zero-order valence-electron chi connectivity index (χ0n) is 22.4. The third kappa shape index (κ3) is 5.36. The number of hydrogen-bond donors (Lipinski definition) is 1. The summed E-state index contributed by atoms with van der Waals surface area (Å²) in [5, 5.41) is 4.90. The first-order valence-corrected chi connectivity index (χ1v) is 14.6. The lowest BCUT2D eigenvalue weighted by Gasteiger charge is -2.24. The van der Waals surface area contributed by atoms with Crippen LogP contribution in [0.5, 0.6) is 5.75 Å².